The molecule has 126 valence electrons. The van der Waals surface area contributed by atoms with Gasteiger partial charge in [-0.2, -0.15) is 0 Å². The number of carbonyl (C=O) groups is 1. The van der Waals surface area contributed by atoms with Crippen LogP contribution in [0.15, 0.2) is 41.5 Å². The van der Waals surface area contributed by atoms with Gasteiger partial charge in [0.1, 0.15) is 5.82 Å². The number of esters is 1. The molecule has 1 aromatic carbocycles. The maximum atomic E-state index is 14.6. The van der Waals surface area contributed by atoms with Crippen LogP contribution in [-0.2, 0) is 9.53 Å². The minimum absolute atomic E-state index is 0.0662. The number of methoxy groups -OCH3 is 1. The number of carbonyl (C=O) groups excluding carboxylic acids is 1. The Morgan fingerprint density at radius 2 is 2.12 bits per heavy atom. The van der Waals surface area contributed by atoms with Gasteiger partial charge in [0.15, 0.2) is 0 Å². The van der Waals surface area contributed by atoms with Crippen molar-refractivity contribution in [2.45, 2.75) is 26.7 Å². The van der Waals surface area contributed by atoms with E-state index in [0.717, 1.165) is 29.6 Å². The van der Waals surface area contributed by atoms with E-state index < -0.39 is 0 Å². The lowest BCUT2D eigenvalue weighted by atomic mass is 9.72. The van der Waals surface area contributed by atoms with E-state index in [4.69, 9.17) is 16.3 Å². The van der Waals surface area contributed by atoms with Gasteiger partial charge >= 0.3 is 5.97 Å². The van der Waals surface area contributed by atoms with E-state index in [-0.39, 0.29) is 23.6 Å². The molecule has 0 spiro atoms. The Balaban J connectivity index is 2.08. The Kier molecular flexibility index (Phi) is 4.64. The number of ether oxygens (including phenoxy) is 1. The fraction of sp³-hybridized carbons (Fsp3) is 0.350. The molecule has 0 N–H and O–H groups in total. The van der Waals surface area contributed by atoms with Gasteiger partial charge in [0.2, 0.25) is 0 Å². The first-order valence-corrected chi connectivity index (χ1v) is 8.47. The van der Waals surface area contributed by atoms with Crippen molar-refractivity contribution >= 4 is 23.1 Å². The summed E-state index contributed by atoms with van der Waals surface area (Å²) >= 11 is 6.22. The summed E-state index contributed by atoms with van der Waals surface area (Å²) in [7, 11) is 1.39. The molecule has 24 heavy (non-hydrogen) atoms. The van der Waals surface area contributed by atoms with Gasteiger partial charge in [0, 0.05) is 10.6 Å². The summed E-state index contributed by atoms with van der Waals surface area (Å²) in [4.78, 5) is 12.0. The standard InChI is InChI=1S/C20H20ClFO2/c1-11-9-18(22)16(10-17(11)21)15-6-4-5-13-7-8-14(20(23)24-3)12(2)19(13)15/h6-10,12,14H,4-5H2,1-3H3. The van der Waals surface area contributed by atoms with E-state index in [1.165, 1.54) is 13.2 Å². The maximum absolute atomic E-state index is 14.6. The average Bonchev–Trinajstić information content (AvgIpc) is 2.57. The highest BCUT2D eigenvalue weighted by Crippen LogP contribution is 2.44. The zero-order valence-corrected chi connectivity index (χ0v) is 14.8. The Morgan fingerprint density at radius 3 is 2.83 bits per heavy atom. The summed E-state index contributed by atoms with van der Waals surface area (Å²) in [5.74, 6) is -0.964. The zero-order chi connectivity index (χ0) is 17.4. The normalized spacial score (nSPS) is 23.0. The van der Waals surface area contributed by atoms with E-state index in [0.29, 0.717) is 16.1 Å². The molecule has 0 heterocycles. The quantitative estimate of drug-likeness (QED) is 0.683. The van der Waals surface area contributed by atoms with Gasteiger partial charge in [-0.3, -0.25) is 4.79 Å². The van der Waals surface area contributed by atoms with Crippen molar-refractivity contribution in [3.63, 3.8) is 0 Å². The van der Waals surface area contributed by atoms with Crippen LogP contribution in [0.25, 0.3) is 5.57 Å². The molecule has 0 fully saturated rings. The lowest BCUT2D eigenvalue weighted by molar-refractivity contribution is -0.144. The summed E-state index contributed by atoms with van der Waals surface area (Å²) < 4.78 is 19.5. The van der Waals surface area contributed by atoms with Crippen LogP contribution in [0.4, 0.5) is 4.39 Å². The number of hydrogen-bond donors (Lipinski definition) is 0. The summed E-state index contributed by atoms with van der Waals surface area (Å²) in [5.41, 5.74) is 4.26. The second-order valence-electron chi connectivity index (χ2n) is 6.37. The lowest BCUT2D eigenvalue weighted by Gasteiger charge is -2.32. The van der Waals surface area contributed by atoms with Crippen molar-refractivity contribution in [2.75, 3.05) is 7.11 Å². The molecule has 3 rings (SSSR count). The largest absolute Gasteiger partial charge is 0.469 e. The van der Waals surface area contributed by atoms with Gasteiger partial charge < -0.3 is 4.74 Å². The molecule has 0 aliphatic heterocycles. The van der Waals surface area contributed by atoms with E-state index in [2.05, 4.69) is 0 Å². The van der Waals surface area contributed by atoms with Crippen LogP contribution in [0, 0.1) is 24.6 Å². The van der Waals surface area contributed by atoms with Crippen LogP contribution >= 0.6 is 11.6 Å². The molecule has 0 radical (unpaired) electrons. The van der Waals surface area contributed by atoms with Crippen LogP contribution in [0.3, 0.4) is 0 Å². The summed E-state index contributed by atoms with van der Waals surface area (Å²) in [5, 5.41) is 0.545. The highest BCUT2D eigenvalue weighted by molar-refractivity contribution is 6.31. The van der Waals surface area contributed by atoms with Crippen molar-refractivity contribution in [3.8, 4) is 0 Å². The first kappa shape index (κ1) is 17.0. The number of benzene rings is 1. The topological polar surface area (TPSA) is 26.3 Å². The summed E-state index contributed by atoms with van der Waals surface area (Å²) in [6.45, 7) is 3.78. The van der Waals surface area contributed by atoms with Gasteiger partial charge in [-0.15, -0.1) is 0 Å². The molecular formula is C20H20ClFO2. The predicted molar refractivity (Wildman–Crippen MR) is 94.2 cm³/mol. The number of aryl methyl sites for hydroxylation is 1. The number of hydrogen-bond acceptors (Lipinski definition) is 2. The molecule has 2 aliphatic carbocycles. The van der Waals surface area contributed by atoms with Crippen LogP contribution in [0.1, 0.15) is 30.9 Å². The Labute approximate surface area is 146 Å². The zero-order valence-electron chi connectivity index (χ0n) is 14.0. The van der Waals surface area contributed by atoms with Crippen LogP contribution in [0.2, 0.25) is 5.02 Å². The minimum atomic E-state index is -0.348. The molecule has 0 bridgehead atoms. The van der Waals surface area contributed by atoms with Crippen molar-refractivity contribution in [2.24, 2.45) is 11.8 Å². The monoisotopic (exact) mass is 346 g/mol. The fourth-order valence-electron chi connectivity index (χ4n) is 3.59. The van der Waals surface area contributed by atoms with Gasteiger partial charge in [-0.05, 0) is 60.1 Å². The van der Waals surface area contributed by atoms with E-state index in [1.807, 2.05) is 25.2 Å². The highest BCUT2D eigenvalue weighted by Gasteiger charge is 2.34. The molecule has 0 aromatic heterocycles. The Hall–Kier alpha value is -1.87. The summed E-state index contributed by atoms with van der Waals surface area (Å²) in [6, 6.07) is 3.15. The third-order valence-electron chi connectivity index (χ3n) is 4.91. The van der Waals surface area contributed by atoms with E-state index >= 15 is 0 Å². The van der Waals surface area contributed by atoms with Gasteiger partial charge in [-0.1, -0.05) is 36.8 Å². The molecule has 0 saturated carbocycles. The van der Waals surface area contributed by atoms with Gasteiger partial charge in [-0.25, -0.2) is 4.39 Å². The Bertz CT molecular complexity index is 789. The third kappa shape index (κ3) is 2.82. The van der Waals surface area contributed by atoms with Crippen LogP contribution < -0.4 is 0 Å². The molecule has 2 aliphatic rings. The molecule has 2 atom stereocenters. The van der Waals surface area contributed by atoms with Crippen molar-refractivity contribution in [1.82, 2.24) is 0 Å². The Morgan fingerprint density at radius 1 is 1.38 bits per heavy atom. The molecular weight excluding hydrogens is 327 g/mol. The summed E-state index contributed by atoms with van der Waals surface area (Å²) in [6.07, 6.45) is 7.68. The lowest BCUT2D eigenvalue weighted by Crippen LogP contribution is -2.27. The number of allylic oxidation sites excluding steroid dienone is 5. The first-order valence-electron chi connectivity index (χ1n) is 8.09. The molecule has 2 unspecified atom stereocenters. The fourth-order valence-corrected chi connectivity index (χ4v) is 3.76. The van der Waals surface area contributed by atoms with Crippen molar-refractivity contribution in [1.29, 1.82) is 0 Å². The van der Waals surface area contributed by atoms with Crippen LogP contribution in [-0.4, -0.2) is 13.1 Å². The van der Waals surface area contributed by atoms with Crippen LogP contribution in [0.5, 0.6) is 0 Å². The molecule has 0 amide bonds. The van der Waals surface area contributed by atoms with E-state index in [9.17, 15) is 9.18 Å². The molecule has 4 heteroatoms. The highest BCUT2D eigenvalue weighted by atomic mass is 35.5. The van der Waals surface area contributed by atoms with Gasteiger partial charge in [0.25, 0.3) is 0 Å². The molecule has 2 nitrogen and oxygen atoms in total. The average molecular weight is 347 g/mol. The van der Waals surface area contributed by atoms with Crippen molar-refractivity contribution in [3.05, 3.63) is 63.5 Å². The first-order chi connectivity index (χ1) is 11.4. The SMILES string of the molecule is COC(=O)C1C=CC2=C(C(c3cc(Cl)c(C)cc3F)=CCC2)C1C. The van der Waals surface area contributed by atoms with Gasteiger partial charge in [0.05, 0.1) is 13.0 Å². The maximum Gasteiger partial charge on any atom is 0.313 e. The second-order valence-corrected chi connectivity index (χ2v) is 6.78. The predicted octanol–water partition coefficient (Wildman–Crippen LogP) is 5.26. The number of rotatable bonds is 2. The third-order valence-corrected chi connectivity index (χ3v) is 5.32. The molecule has 0 saturated heterocycles. The molecule has 1 aromatic rings. The van der Waals surface area contributed by atoms with Crippen molar-refractivity contribution < 1.29 is 13.9 Å². The van der Waals surface area contributed by atoms with E-state index in [1.54, 1.807) is 13.0 Å². The second kappa shape index (κ2) is 6.56. The number of halogens is 2. The minimum Gasteiger partial charge on any atom is -0.469 e. The smallest absolute Gasteiger partial charge is 0.313 e.